The molecule has 1 rings (SSSR count). The number of piperazine rings is 1. The molecule has 4 atom stereocenters. The van der Waals surface area contributed by atoms with E-state index in [2.05, 4.69) is 120 Å². The fourth-order valence-corrected chi connectivity index (χ4v) is 13.0. The number of carbonyl (C=O) groups excluding carboxylic acids is 1. The van der Waals surface area contributed by atoms with Crippen LogP contribution in [0.2, 0.25) is 0 Å². The number of hydrogen-bond donors (Lipinski definition) is 4. The molecule has 1 aliphatic rings. The third kappa shape index (κ3) is 55.6. The van der Waals surface area contributed by atoms with Crippen molar-refractivity contribution in [1.29, 1.82) is 0 Å². The third-order valence-electron chi connectivity index (χ3n) is 16.1. The van der Waals surface area contributed by atoms with Gasteiger partial charge in [-0.05, 0) is 122 Å². The molecule has 1 fully saturated rings. The molecular formula is C72H134N4O6S2. The van der Waals surface area contributed by atoms with Crippen molar-refractivity contribution in [2.75, 3.05) is 96.6 Å². The van der Waals surface area contributed by atoms with Crippen molar-refractivity contribution in [2.24, 2.45) is 0 Å². The first-order chi connectivity index (χ1) is 41.2. The molecule has 0 radical (unpaired) electrons. The molecule has 12 heteroatoms. The first kappa shape index (κ1) is 80.3. The molecule has 0 saturated carbocycles. The summed E-state index contributed by atoms with van der Waals surface area (Å²) in [6.07, 6.45) is 64.3. The molecule has 0 aromatic heterocycles. The largest absolute Gasteiger partial charge is 0.464 e. The van der Waals surface area contributed by atoms with Crippen LogP contribution in [0.3, 0.4) is 0 Å². The normalized spacial score (nSPS) is 15.5. The predicted octanol–water partition coefficient (Wildman–Crippen LogP) is 17.0. The molecule has 1 saturated heterocycles. The van der Waals surface area contributed by atoms with E-state index in [9.17, 15) is 25.2 Å². The topological polar surface area (TPSA) is 120 Å². The summed E-state index contributed by atoms with van der Waals surface area (Å²) < 4.78 is 5.71. The van der Waals surface area contributed by atoms with Crippen LogP contribution in [0.4, 0.5) is 0 Å². The molecule has 1 aliphatic heterocycles. The van der Waals surface area contributed by atoms with Gasteiger partial charge in [0.1, 0.15) is 6.61 Å². The SMILES string of the molecule is CC/C=C\C/C=C\C/C=C\CCCCCCC(O)CN(CCCCSSCCN1CCN(CCOC(=O)CCCN(CC(O)CCCCCCCC)CC(O)CCCCCCCC)CC1)CC(O)CCCCCC/C=C\C/C=C\C/C=C\CC. The molecule has 1 heterocycles. The van der Waals surface area contributed by atoms with Gasteiger partial charge in [-0.15, -0.1) is 0 Å². The van der Waals surface area contributed by atoms with Crippen LogP contribution in [-0.2, 0) is 9.53 Å². The Hall–Kier alpha value is -1.71. The highest BCUT2D eigenvalue weighted by Crippen LogP contribution is 2.23. The Labute approximate surface area is 527 Å². The molecule has 4 N–H and O–H groups in total. The van der Waals surface area contributed by atoms with Crippen molar-refractivity contribution in [3.8, 4) is 0 Å². The quantitative estimate of drug-likeness (QED) is 0.0201. The Bertz CT molecular complexity index is 1510. The van der Waals surface area contributed by atoms with E-state index in [1.165, 1.54) is 77.0 Å². The van der Waals surface area contributed by atoms with Crippen LogP contribution in [0.15, 0.2) is 72.9 Å². The van der Waals surface area contributed by atoms with Crippen LogP contribution < -0.4 is 0 Å². The van der Waals surface area contributed by atoms with Gasteiger partial charge in [0.25, 0.3) is 0 Å². The van der Waals surface area contributed by atoms with Gasteiger partial charge in [-0.3, -0.25) is 24.4 Å². The molecule has 0 aromatic carbocycles. The molecular weight excluding hydrogens is 1080 g/mol. The van der Waals surface area contributed by atoms with Crippen LogP contribution in [0.1, 0.15) is 259 Å². The smallest absolute Gasteiger partial charge is 0.305 e. The lowest BCUT2D eigenvalue weighted by molar-refractivity contribution is -0.144. The Kier molecular flexibility index (Phi) is 60.1. The van der Waals surface area contributed by atoms with Gasteiger partial charge < -0.3 is 25.2 Å². The van der Waals surface area contributed by atoms with Crippen LogP contribution >= 0.6 is 21.6 Å². The van der Waals surface area contributed by atoms with E-state index < -0.39 is 12.2 Å². The van der Waals surface area contributed by atoms with E-state index in [0.29, 0.717) is 52.2 Å². The Morgan fingerprint density at radius 3 is 1.20 bits per heavy atom. The second-order valence-electron chi connectivity index (χ2n) is 24.2. The molecule has 0 amide bonds. The zero-order chi connectivity index (χ0) is 60.9. The van der Waals surface area contributed by atoms with E-state index in [-0.39, 0.29) is 18.2 Å². The van der Waals surface area contributed by atoms with Gasteiger partial charge in [-0.1, -0.05) is 238 Å². The first-order valence-corrected chi connectivity index (χ1v) is 37.6. The summed E-state index contributed by atoms with van der Waals surface area (Å²) in [4.78, 5) is 22.3. The second-order valence-corrected chi connectivity index (χ2v) is 26.9. The Morgan fingerprint density at radius 1 is 0.417 bits per heavy atom. The summed E-state index contributed by atoms with van der Waals surface area (Å²) in [6.45, 7) is 19.2. The van der Waals surface area contributed by atoms with Crippen molar-refractivity contribution in [3.05, 3.63) is 72.9 Å². The molecule has 0 aromatic rings. The predicted molar refractivity (Wildman–Crippen MR) is 369 cm³/mol. The number of rotatable bonds is 62. The van der Waals surface area contributed by atoms with Crippen molar-refractivity contribution in [1.82, 2.24) is 19.6 Å². The molecule has 84 heavy (non-hydrogen) atoms. The van der Waals surface area contributed by atoms with Crippen LogP contribution in [0, 0.1) is 0 Å². The summed E-state index contributed by atoms with van der Waals surface area (Å²) in [7, 11) is 3.96. The highest BCUT2D eigenvalue weighted by atomic mass is 33.1. The van der Waals surface area contributed by atoms with E-state index in [0.717, 1.165) is 199 Å². The molecule has 4 unspecified atom stereocenters. The van der Waals surface area contributed by atoms with Crippen LogP contribution in [0.25, 0.3) is 0 Å². The zero-order valence-corrected chi connectivity index (χ0v) is 56.6. The maximum Gasteiger partial charge on any atom is 0.305 e. The summed E-state index contributed by atoms with van der Waals surface area (Å²) in [5.74, 6) is 2.07. The van der Waals surface area contributed by atoms with Crippen molar-refractivity contribution >= 4 is 27.6 Å². The van der Waals surface area contributed by atoms with E-state index in [1.54, 1.807) is 0 Å². The van der Waals surface area contributed by atoms with Gasteiger partial charge in [0, 0.05) is 83.4 Å². The third-order valence-corrected chi connectivity index (χ3v) is 18.5. The van der Waals surface area contributed by atoms with Gasteiger partial charge in [0.15, 0.2) is 0 Å². The lowest BCUT2D eigenvalue weighted by Crippen LogP contribution is -2.47. The number of nitrogens with zero attached hydrogens (tertiary/aromatic N) is 4. The maximum absolute atomic E-state index is 12.8. The number of aliphatic hydroxyl groups excluding tert-OH is 4. The summed E-state index contributed by atoms with van der Waals surface area (Å²) in [5.41, 5.74) is 0. The van der Waals surface area contributed by atoms with Crippen molar-refractivity contribution < 1.29 is 30.0 Å². The molecule has 10 nitrogen and oxygen atoms in total. The van der Waals surface area contributed by atoms with E-state index in [1.807, 2.05) is 21.6 Å². The fraction of sp³-hybridized carbons (Fsp3) is 0.819. The average molecular weight is 1220 g/mol. The molecule has 0 spiro atoms. The molecule has 0 bridgehead atoms. The van der Waals surface area contributed by atoms with Gasteiger partial charge >= 0.3 is 5.97 Å². The first-order valence-electron chi connectivity index (χ1n) is 35.1. The molecule has 0 aliphatic carbocycles. The minimum Gasteiger partial charge on any atom is -0.464 e. The van der Waals surface area contributed by atoms with Gasteiger partial charge in [-0.2, -0.15) is 0 Å². The van der Waals surface area contributed by atoms with Crippen molar-refractivity contribution in [3.63, 3.8) is 0 Å². The standard InChI is InChI=1S/C72H134N4O6S2/c1-5-9-13-17-21-23-25-27-29-31-33-35-39-43-50-68(77)64-75(65-69(78)51-44-40-36-34-32-30-28-26-24-22-18-14-10-6-2)53-45-46-62-83-84-63-60-74-57-55-73(56-58-74)59-61-82-72(81)52-47-54-76(66-70(79)48-41-37-19-15-11-7-3)67-71(80)49-42-38-20-16-12-8-4/h9-10,13-14,21-24,27-30,68-71,77-80H,5-8,11-12,15-20,25-26,31-67H2,1-4H3/b13-9-,14-10-,23-21-,24-22-,29-27-,30-28-. The lowest BCUT2D eigenvalue weighted by atomic mass is 10.1. The van der Waals surface area contributed by atoms with E-state index >= 15 is 0 Å². The fourth-order valence-electron chi connectivity index (χ4n) is 10.9. The maximum atomic E-state index is 12.8. The Morgan fingerprint density at radius 2 is 0.774 bits per heavy atom. The number of ether oxygens (including phenoxy) is 1. The summed E-state index contributed by atoms with van der Waals surface area (Å²) in [5, 5.41) is 44.1. The minimum atomic E-state index is -0.406. The zero-order valence-electron chi connectivity index (χ0n) is 55.0. The monoisotopic (exact) mass is 1210 g/mol. The summed E-state index contributed by atoms with van der Waals surface area (Å²) >= 11 is 0. The number of allylic oxidation sites excluding steroid dienone is 12. The highest BCUT2D eigenvalue weighted by molar-refractivity contribution is 8.76. The van der Waals surface area contributed by atoms with Crippen LogP contribution in [-0.4, -0.2) is 167 Å². The lowest BCUT2D eigenvalue weighted by Gasteiger charge is -2.34. The number of hydrogen-bond acceptors (Lipinski definition) is 12. The van der Waals surface area contributed by atoms with E-state index in [4.69, 9.17) is 4.74 Å². The van der Waals surface area contributed by atoms with Gasteiger partial charge in [0.2, 0.25) is 0 Å². The molecule has 490 valence electrons. The number of esters is 1. The number of carbonyl (C=O) groups is 1. The van der Waals surface area contributed by atoms with Crippen molar-refractivity contribution in [2.45, 2.75) is 283 Å². The van der Waals surface area contributed by atoms with Gasteiger partial charge in [-0.25, -0.2) is 0 Å². The highest BCUT2D eigenvalue weighted by Gasteiger charge is 2.20. The number of unbranched alkanes of at least 4 members (excludes halogenated alkanes) is 19. The summed E-state index contributed by atoms with van der Waals surface area (Å²) in [6, 6.07) is 0. The minimum absolute atomic E-state index is 0.151. The second kappa shape index (κ2) is 62.9. The van der Waals surface area contributed by atoms with Gasteiger partial charge in [0.05, 0.1) is 24.4 Å². The number of aliphatic hydroxyl groups is 4. The Balaban J connectivity index is 2.40. The average Bonchev–Trinajstić information content (AvgIpc) is 3.56. The van der Waals surface area contributed by atoms with Crippen LogP contribution in [0.5, 0.6) is 0 Å².